The second-order valence-electron chi connectivity index (χ2n) is 12.5. The molecule has 9 aromatic carbocycles. The van der Waals surface area contributed by atoms with E-state index in [1.54, 1.807) is 0 Å². The summed E-state index contributed by atoms with van der Waals surface area (Å²) in [4.78, 5) is 2.30. The van der Waals surface area contributed by atoms with Crippen molar-refractivity contribution in [3.63, 3.8) is 0 Å². The molecule has 224 valence electrons. The number of hydrogen-bond donors (Lipinski definition) is 0. The number of para-hydroxylation sites is 2. The molecule has 0 saturated heterocycles. The smallest absolute Gasteiger partial charge is 0.159 e. The van der Waals surface area contributed by atoms with Crippen LogP contribution in [-0.2, 0) is 0 Å². The molecule has 0 spiro atoms. The largest absolute Gasteiger partial charge is 0.453 e. The second-order valence-corrected chi connectivity index (χ2v) is 12.5. The van der Waals surface area contributed by atoms with Crippen LogP contribution in [0.3, 0.4) is 0 Å². The van der Waals surface area contributed by atoms with E-state index in [4.69, 9.17) is 4.42 Å². The van der Waals surface area contributed by atoms with Gasteiger partial charge in [-0.25, -0.2) is 0 Å². The minimum absolute atomic E-state index is 0.880. The summed E-state index contributed by atoms with van der Waals surface area (Å²) in [6, 6.07) is 63.2. The molecule has 0 aliphatic rings. The van der Waals surface area contributed by atoms with Gasteiger partial charge in [-0.05, 0) is 85.2 Å². The molecule has 2 nitrogen and oxygen atoms in total. The Bertz CT molecular complexity index is 2830. The van der Waals surface area contributed by atoms with E-state index >= 15 is 0 Å². The van der Waals surface area contributed by atoms with Gasteiger partial charge >= 0.3 is 0 Å². The van der Waals surface area contributed by atoms with Crippen LogP contribution in [0.1, 0.15) is 0 Å². The summed E-state index contributed by atoms with van der Waals surface area (Å²) in [5.41, 5.74) is 7.38. The fourth-order valence-corrected chi connectivity index (χ4v) is 7.59. The van der Waals surface area contributed by atoms with Gasteiger partial charge in [-0.15, -0.1) is 0 Å². The molecule has 1 heterocycles. The Labute approximate surface area is 277 Å². The average molecular weight is 612 g/mol. The van der Waals surface area contributed by atoms with Crippen molar-refractivity contribution < 1.29 is 4.42 Å². The Morgan fingerprint density at radius 3 is 1.69 bits per heavy atom. The lowest BCUT2D eigenvalue weighted by Crippen LogP contribution is -2.10. The maximum absolute atomic E-state index is 6.78. The molecule has 1 aromatic heterocycles. The summed E-state index contributed by atoms with van der Waals surface area (Å²) in [6.45, 7) is 0. The summed E-state index contributed by atoms with van der Waals surface area (Å²) < 4.78 is 6.78. The Morgan fingerprint density at radius 2 is 0.854 bits per heavy atom. The van der Waals surface area contributed by atoms with Gasteiger partial charge in [0.1, 0.15) is 5.58 Å². The number of rotatable bonds is 4. The van der Waals surface area contributed by atoms with Gasteiger partial charge in [-0.1, -0.05) is 140 Å². The average Bonchev–Trinajstić information content (AvgIpc) is 3.55. The van der Waals surface area contributed by atoms with Crippen LogP contribution in [0.5, 0.6) is 0 Å². The van der Waals surface area contributed by atoms with Crippen molar-refractivity contribution in [2.75, 3.05) is 4.90 Å². The Morgan fingerprint density at radius 1 is 0.312 bits per heavy atom. The van der Waals surface area contributed by atoms with Crippen molar-refractivity contribution in [1.29, 1.82) is 0 Å². The van der Waals surface area contributed by atoms with Crippen molar-refractivity contribution in [3.8, 4) is 11.1 Å². The number of hydrogen-bond acceptors (Lipinski definition) is 2. The van der Waals surface area contributed by atoms with E-state index in [2.05, 4.69) is 181 Å². The highest BCUT2D eigenvalue weighted by molar-refractivity contribution is 6.20. The highest BCUT2D eigenvalue weighted by atomic mass is 16.3. The van der Waals surface area contributed by atoms with Gasteiger partial charge in [0, 0.05) is 27.5 Å². The molecule has 0 fully saturated rings. The molecule has 0 bridgehead atoms. The minimum atomic E-state index is 0.880. The van der Waals surface area contributed by atoms with Gasteiger partial charge in [0.15, 0.2) is 5.58 Å². The molecular formula is C46H29NO. The second kappa shape index (κ2) is 10.6. The van der Waals surface area contributed by atoms with Crippen LogP contribution >= 0.6 is 0 Å². The summed E-state index contributed by atoms with van der Waals surface area (Å²) in [7, 11) is 0. The van der Waals surface area contributed by atoms with Crippen LogP contribution in [0.25, 0.3) is 76.2 Å². The SMILES string of the molecule is c1ccc(N(c2ccc(-c3cccc4c3ccc3c5ccccc5ccc43)cc2)c2cccc3c2oc2c4ccccc4ccc32)cc1. The quantitative estimate of drug-likeness (QED) is 0.184. The molecule has 2 heteroatoms. The molecule has 0 atom stereocenters. The first-order valence-electron chi connectivity index (χ1n) is 16.4. The number of nitrogens with zero attached hydrogens (tertiary/aromatic N) is 1. The maximum Gasteiger partial charge on any atom is 0.159 e. The Kier molecular flexibility index (Phi) is 5.91. The van der Waals surface area contributed by atoms with Crippen LogP contribution in [0.15, 0.2) is 180 Å². The third-order valence-electron chi connectivity index (χ3n) is 9.84. The molecule has 0 radical (unpaired) electrons. The third kappa shape index (κ3) is 4.06. The molecule has 10 aromatic rings. The summed E-state index contributed by atoms with van der Waals surface area (Å²) in [5, 5.41) is 12.2. The van der Waals surface area contributed by atoms with E-state index < -0.39 is 0 Å². The van der Waals surface area contributed by atoms with Gasteiger partial charge in [-0.2, -0.15) is 0 Å². The van der Waals surface area contributed by atoms with E-state index in [1.165, 1.54) is 48.8 Å². The molecule has 0 N–H and O–H groups in total. The van der Waals surface area contributed by atoms with Crippen LogP contribution in [-0.4, -0.2) is 0 Å². The number of fused-ring (bicyclic) bond motifs is 10. The first kappa shape index (κ1) is 26.8. The fraction of sp³-hybridized carbons (Fsp3) is 0. The maximum atomic E-state index is 6.78. The third-order valence-corrected chi connectivity index (χ3v) is 9.84. The zero-order valence-electron chi connectivity index (χ0n) is 26.1. The van der Waals surface area contributed by atoms with E-state index in [0.717, 1.165) is 44.4 Å². The highest BCUT2D eigenvalue weighted by Gasteiger charge is 2.20. The van der Waals surface area contributed by atoms with Crippen molar-refractivity contribution in [1.82, 2.24) is 0 Å². The zero-order chi connectivity index (χ0) is 31.6. The van der Waals surface area contributed by atoms with Gasteiger partial charge in [0.05, 0.1) is 5.69 Å². The van der Waals surface area contributed by atoms with E-state index in [0.29, 0.717) is 0 Å². The number of benzene rings is 9. The lowest BCUT2D eigenvalue weighted by molar-refractivity contribution is 0.673. The molecule has 0 unspecified atom stereocenters. The lowest BCUT2D eigenvalue weighted by atomic mass is 9.92. The van der Waals surface area contributed by atoms with Crippen LogP contribution < -0.4 is 4.90 Å². The molecule has 0 aliphatic carbocycles. The Hall–Kier alpha value is -6.38. The number of furan rings is 1. The molecular weight excluding hydrogens is 583 g/mol. The Balaban J connectivity index is 1.13. The number of anilines is 3. The summed E-state index contributed by atoms with van der Waals surface area (Å²) in [5.74, 6) is 0. The summed E-state index contributed by atoms with van der Waals surface area (Å²) in [6.07, 6.45) is 0. The molecule has 0 saturated carbocycles. The van der Waals surface area contributed by atoms with Gasteiger partial charge in [0.25, 0.3) is 0 Å². The van der Waals surface area contributed by atoms with Gasteiger partial charge in [0.2, 0.25) is 0 Å². The first-order valence-corrected chi connectivity index (χ1v) is 16.4. The van der Waals surface area contributed by atoms with Crippen LogP contribution in [0.4, 0.5) is 17.1 Å². The van der Waals surface area contributed by atoms with Gasteiger partial charge in [-0.3, -0.25) is 0 Å². The first-order chi connectivity index (χ1) is 23.8. The van der Waals surface area contributed by atoms with Crippen molar-refractivity contribution >= 4 is 82.1 Å². The van der Waals surface area contributed by atoms with Crippen molar-refractivity contribution in [3.05, 3.63) is 176 Å². The molecule has 0 aliphatic heterocycles. The van der Waals surface area contributed by atoms with E-state index in [9.17, 15) is 0 Å². The predicted molar refractivity (Wildman–Crippen MR) is 204 cm³/mol. The van der Waals surface area contributed by atoms with Crippen molar-refractivity contribution in [2.24, 2.45) is 0 Å². The molecule has 48 heavy (non-hydrogen) atoms. The minimum Gasteiger partial charge on any atom is -0.453 e. The highest BCUT2D eigenvalue weighted by Crippen LogP contribution is 2.44. The van der Waals surface area contributed by atoms with Crippen molar-refractivity contribution in [2.45, 2.75) is 0 Å². The van der Waals surface area contributed by atoms with E-state index in [-0.39, 0.29) is 0 Å². The topological polar surface area (TPSA) is 16.4 Å². The standard InChI is InChI=1S/C46H29NO/c1-2-12-33(13-3-1)47(44-19-9-18-42-43-27-23-31-11-5-7-15-37(31)45(43)48-46(42)44)34-24-20-32(21-25-34)36-16-8-17-38-39(36)28-29-40-35-14-6-4-10-30(35)22-26-41(38)40/h1-29H. The van der Waals surface area contributed by atoms with E-state index in [1.807, 2.05) is 0 Å². The molecule has 10 rings (SSSR count). The van der Waals surface area contributed by atoms with Crippen LogP contribution in [0, 0.1) is 0 Å². The monoisotopic (exact) mass is 611 g/mol. The molecule has 0 amide bonds. The zero-order valence-corrected chi connectivity index (χ0v) is 26.1. The normalized spacial score (nSPS) is 11.8. The summed E-state index contributed by atoms with van der Waals surface area (Å²) >= 11 is 0. The van der Waals surface area contributed by atoms with Gasteiger partial charge < -0.3 is 9.32 Å². The lowest BCUT2D eigenvalue weighted by Gasteiger charge is -2.25. The predicted octanol–water partition coefficient (Wildman–Crippen LogP) is 13.3. The fourth-order valence-electron chi connectivity index (χ4n) is 7.59. The van der Waals surface area contributed by atoms with Crippen LogP contribution in [0.2, 0.25) is 0 Å².